The molecule has 0 aliphatic heterocycles. The molecule has 1 atom stereocenters. The second kappa shape index (κ2) is 6.65. The fraction of sp³-hybridized carbons (Fsp3) is 0.429. The number of nitrogens with one attached hydrogen (secondary N) is 1. The number of esters is 1. The van der Waals surface area contributed by atoms with Crippen molar-refractivity contribution in [3.05, 3.63) is 29.8 Å². The average molecular weight is 246 g/mol. The number of hydrogen-bond donors (Lipinski definition) is 1. The topological polar surface area (TPSA) is 62.1 Å². The predicted molar refractivity (Wildman–Crippen MR) is 70.0 cm³/mol. The van der Waals surface area contributed by atoms with Gasteiger partial charge in [0.05, 0.1) is 18.2 Å². The van der Waals surface area contributed by atoms with Crippen molar-refractivity contribution in [3.63, 3.8) is 0 Å². The second-order valence-electron chi connectivity index (χ2n) is 4.58. The molecule has 4 heteroatoms. The van der Waals surface area contributed by atoms with Crippen LogP contribution in [0.5, 0.6) is 0 Å². The molecule has 1 N–H and O–H groups in total. The van der Waals surface area contributed by atoms with Gasteiger partial charge in [-0.15, -0.1) is 0 Å². The summed E-state index contributed by atoms with van der Waals surface area (Å²) in [6.07, 6.45) is 0. The highest BCUT2D eigenvalue weighted by Gasteiger charge is 2.14. The summed E-state index contributed by atoms with van der Waals surface area (Å²) in [5, 5.41) is 11.7. The summed E-state index contributed by atoms with van der Waals surface area (Å²) in [6, 6.07) is 8.58. The molecule has 1 aromatic carbocycles. The SMILES string of the molecule is CC(C)COC(=O)[C@H](C)Nc1ccc(C#N)cc1. The van der Waals surface area contributed by atoms with Crippen molar-refractivity contribution in [2.75, 3.05) is 11.9 Å². The monoisotopic (exact) mass is 246 g/mol. The molecule has 0 amide bonds. The lowest BCUT2D eigenvalue weighted by atomic mass is 10.2. The molecule has 0 heterocycles. The van der Waals surface area contributed by atoms with Gasteiger partial charge in [-0.25, -0.2) is 4.79 Å². The zero-order valence-electron chi connectivity index (χ0n) is 10.9. The Morgan fingerprint density at radius 1 is 1.33 bits per heavy atom. The first-order chi connectivity index (χ1) is 8.52. The summed E-state index contributed by atoms with van der Waals surface area (Å²) in [4.78, 5) is 11.6. The maximum absolute atomic E-state index is 11.6. The number of ether oxygens (including phenoxy) is 1. The molecule has 0 aliphatic rings. The smallest absolute Gasteiger partial charge is 0.328 e. The Bertz CT molecular complexity index is 432. The van der Waals surface area contributed by atoms with E-state index in [1.54, 1.807) is 31.2 Å². The Labute approximate surface area is 108 Å². The Morgan fingerprint density at radius 2 is 1.94 bits per heavy atom. The van der Waals surface area contributed by atoms with E-state index >= 15 is 0 Å². The first-order valence-corrected chi connectivity index (χ1v) is 5.96. The summed E-state index contributed by atoms with van der Waals surface area (Å²) in [5.41, 5.74) is 1.39. The lowest BCUT2D eigenvalue weighted by molar-refractivity contribution is -0.145. The molecule has 0 saturated carbocycles. The van der Waals surface area contributed by atoms with Crippen LogP contribution in [-0.4, -0.2) is 18.6 Å². The maximum atomic E-state index is 11.6. The van der Waals surface area contributed by atoms with E-state index in [0.717, 1.165) is 5.69 Å². The van der Waals surface area contributed by atoms with Crippen LogP contribution in [0, 0.1) is 17.2 Å². The van der Waals surface area contributed by atoms with Crippen LogP contribution >= 0.6 is 0 Å². The highest BCUT2D eigenvalue weighted by atomic mass is 16.5. The van der Waals surface area contributed by atoms with E-state index in [2.05, 4.69) is 5.32 Å². The van der Waals surface area contributed by atoms with Crippen molar-refractivity contribution < 1.29 is 9.53 Å². The highest BCUT2D eigenvalue weighted by molar-refractivity contribution is 5.78. The Hall–Kier alpha value is -2.02. The van der Waals surface area contributed by atoms with Crippen LogP contribution in [0.3, 0.4) is 0 Å². The van der Waals surface area contributed by atoms with Crippen LogP contribution in [0.4, 0.5) is 5.69 Å². The number of benzene rings is 1. The molecule has 0 spiro atoms. The standard InChI is InChI=1S/C14H18N2O2/c1-10(2)9-18-14(17)11(3)16-13-6-4-12(8-15)5-7-13/h4-7,10-11,16H,9H2,1-3H3/t11-/m0/s1. The lowest BCUT2D eigenvalue weighted by Gasteiger charge is -2.15. The van der Waals surface area contributed by atoms with Crippen molar-refractivity contribution in [1.29, 1.82) is 5.26 Å². The van der Waals surface area contributed by atoms with Crippen LogP contribution in [0.1, 0.15) is 26.3 Å². The van der Waals surface area contributed by atoms with Gasteiger partial charge in [-0.05, 0) is 37.1 Å². The zero-order chi connectivity index (χ0) is 13.5. The van der Waals surface area contributed by atoms with Gasteiger partial charge >= 0.3 is 5.97 Å². The molecule has 18 heavy (non-hydrogen) atoms. The molecule has 0 aliphatic carbocycles. The summed E-state index contributed by atoms with van der Waals surface area (Å²) in [5.74, 6) is 0.0594. The highest BCUT2D eigenvalue weighted by Crippen LogP contribution is 2.10. The van der Waals surface area contributed by atoms with E-state index in [-0.39, 0.29) is 5.97 Å². The summed E-state index contributed by atoms with van der Waals surface area (Å²) < 4.78 is 5.13. The van der Waals surface area contributed by atoms with Gasteiger partial charge in [-0.3, -0.25) is 0 Å². The van der Waals surface area contributed by atoms with E-state index in [4.69, 9.17) is 10.00 Å². The van der Waals surface area contributed by atoms with Crippen molar-refractivity contribution >= 4 is 11.7 Å². The number of nitrogens with zero attached hydrogens (tertiary/aromatic N) is 1. The fourth-order valence-corrected chi connectivity index (χ4v) is 1.32. The van der Waals surface area contributed by atoms with Crippen LogP contribution in [-0.2, 0) is 9.53 Å². The van der Waals surface area contributed by atoms with Crippen LogP contribution < -0.4 is 5.32 Å². The molecule has 0 unspecified atom stereocenters. The molecule has 1 rings (SSSR count). The van der Waals surface area contributed by atoms with E-state index < -0.39 is 6.04 Å². The summed E-state index contributed by atoms with van der Waals surface area (Å²) in [6.45, 7) is 6.16. The molecule has 0 fully saturated rings. The number of rotatable bonds is 5. The van der Waals surface area contributed by atoms with Crippen molar-refractivity contribution in [2.24, 2.45) is 5.92 Å². The summed E-state index contributed by atoms with van der Waals surface area (Å²) >= 11 is 0. The number of carbonyl (C=O) groups excluding carboxylic acids is 1. The average Bonchev–Trinajstić information content (AvgIpc) is 2.36. The predicted octanol–water partition coefficient (Wildman–Crippen LogP) is 2.56. The minimum atomic E-state index is -0.406. The lowest BCUT2D eigenvalue weighted by Crippen LogP contribution is -2.29. The van der Waals surface area contributed by atoms with Gasteiger partial charge in [0.1, 0.15) is 6.04 Å². The normalized spacial score (nSPS) is 11.7. The van der Waals surface area contributed by atoms with E-state index in [9.17, 15) is 4.79 Å². The quantitative estimate of drug-likeness (QED) is 0.811. The van der Waals surface area contributed by atoms with Gasteiger partial charge in [-0.2, -0.15) is 5.26 Å². The van der Waals surface area contributed by atoms with Gasteiger partial charge in [-0.1, -0.05) is 13.8 Å². The molecule has 4 nitrogen and oxygen atoms in total. The molecule has 0 saturated heterocycles. The van der Waals surface area contributed by atoms with Crippen LogP contribution in [0.25, 0.3) is 0 Å². The van der Waals surface area contributed by atoms with Crippen LogP contribution in [0.2, 0.25) is 0 Å². The third kappa shape index (κ3) is 4.46. The third-order valence-corrected chi connectivity index (χ3v) is 2.31. The van der Waals surface area contributed by atoms with Gasteiger partial charge in [0.15, 0.2) is 0 Å². The number of anilines is 1. The van der Waals surface area contributed by atoms with E-state index in [1.807, 2.05) is 19.9 Å². The third-order valence-electron chi connectivity index (χ3n) is 2.31. The Balaban J connectivity index is 2.50. The number of nitriles is 1. The molecule has 0 radical (unpaired) electrons. The van der Waals surface area contributed by atoms with Crippen LogP contribution in [0.15, 0.2) is 24.3 Å². The molecule has 0 aromatic heterocycles. The second-order valence-corrected chi connectivity index (χ2v) is 4.58. The molecule has 1 aromatic rings. The van der Waals surface area contributed by atoms with Crippen molar-refractivity contribution in [2.45, 2.75) is 26.8 Å². The largest absolute Gasteiger partial charge is 0.464 e. The molecule has 96 valence electrons. The Kier molecular flexibility index (Phi) is 5.19. The summed E-state index contributed by atoms with van der Waals surface area (Å²) in [7, 11) is 0. The van der Waals surface area contributed by atoms with Gasteiger partial charge in [0, 0.05) is 5.69 Å². The first-order valence-electron chi connectivity index (χ1n) is 5.96. The maximum Gasteiger partial charge on any atom is 0.328 e. The Morgan fingerprint density at radius 3 is 2.44 bits per heavy atom. The first kappa shape index (κ1) is 14.0. The van der Waals surface area contributed by atoms with E-state index in [1.165, 1.54) is 0 Å². The van der Waals surface area contributed by atoms with Gasteiger partial charge in [0.25, 0.3) is 0 Å². The minimum absolute atomic E-state index is 0.270. The van der Waals surface area contributed by atoms with Gasteiger partial charge < -0.3 is 10.1 Å². The number of hydrogen-bond acceptors (Lipinski definition) is 4. The molecule has 0 bridgehead atoms. The molecular weight excluding hydrogens is 228 g/mol. The zero-order valence-corrected chi connectivity index (χ0v) is 10.9. The van der Waals surface area contributed by atoms with Gasteiger partial charge in [0.2, 0.25) is 0 Å². The molecular formula is C14H18N2O2. The van der Waals surface area contributed by atoms with Crippen molar-refractivity contribution in [1.82, 2.24) is 0 Å². The number of carbonyl (C=O) groups is 1. The van der Waals surface area contributed by atoms with E-state index in [0.29, 0.717) is 18.1 Å². The van der Waals surface area contributed by atoms with Crippen molar-refractivity contribution in [3.8, 4) is 6.07 Å². The fourth-order valence-electron chi connectivity index (χ4n) is 1.32. The minimum Gasteiger partial charge on any atom is -0.464 e.